The molecule has 0 radical (unpaired) electrons. The maximum atomic E-state index is 12.2. The van der Waals surface area contributed by atoms with E-state index in [-0.39, 0.29) is 17.2 Å². The summed E-state index contributed by atoms with van der Waals surface area (Å²) in [5.41, 5.74) is 5.99. The second kappa shape index (κ2) is 9.63. The topological polar surface area (TPSA) is 108 Å². The number of nitrogens with one attached hydrogen (secondary N) is 1. The first-order valence-electron chi connectivity index (χ1n) is 8.06. The summed E-state index contributed by atoms with van der Waals surface area (Å²) in [5.74, 6) is -0.907. The summed E-state index contributed by atoms with van der Waals surface area (Å²) in [6.07, 6.45) is -1.04. The van der Waals surface area contributed by atoms with Gasteiger partial charge in [0.25, 0.3) is 5.91 Å². The number of hydrogen-bond donors (Lipinski definition) is 2. The van der Waals surface area contributed by atoms with Gasteiger partial charge in [0.1, 0.15) is 5.75 Å². The number of primary amides is 1. The summed E-state index contributed by atoms with van der Waals surface area (Å²) in [7, 11) is 1.55. The minimum atomic E-state index is -1.04. The molecule has 0 aromatic heterocycles. The van der Waals surface area contributed by atoms with Gasteiger partial charge < -0.3 is 20.5 Å². The number of carbonyl (C=O) groups is 3. The zero-order valence-corrected chi connectivity index (χ0v) is 15.7. The lowest BCUT2D eigenvalue weighted by Gasteiger charge is -2.12. The van der Waals surface area contributed by atoms with E-state index in [9.17, 15) is 14.4 Å². The number of amides is 2. The van der Waals surface area contributed by atoms with E-state index in [4.69, 9.17) is 15.2 Å². The summed E-state index contributed by atoms with van der Waals surface area (Å²) in [4.78, 5) is 36.0. The van der Waals surface area contributed by atoms with Crippen molar-refractivity contribution >= 4 is 35.2 Å². The fraction of sp³-hybridized carbons (Fsp3) is 0.211. The first kappa shape index (κ1) is 20.3. The Balaban J connectivity index is 2.00. The fourth-order valence-electron chi connectivity index (χ4n) is 2.08. The van der Waals surface area contributed by atoms with Crippen molar-refractivity contribution in [3.05, 3.63) is 54.1 Å². The molecule has 3 N–H and O–H groups in total. The molecule has 0 fully saturated rings. The molecule has 2 aromatic carbocycles. The van der Waals surface area contributed by atoms with Crippen LogP contribution in [0.1, 0.15) is 17.3 Å². The number of benzene rings is 2. The highest BCUT2D eigenvalue weighted by Crippen LogP contribution is 2.24. The number of carbonyl (C=O) groups excluding carboxylic acids is 3. The number of ether oxygens (including phenoxy) is 2. The summed E-state index contributed by atoms with van der Waals surface area (Å²) in [6.45, 7) is 1.40. The third-order valence-electron chi connectivity index (χ3n) is 3.50. The Morgan fingerprint density at radius 2 is 1.89 bits per heavy atom. The van der Waals surface area contributed by atoms with Crippen LogP contribution in [0.5, 0.6) is 5.75 Å². The molecule has 142 valence electrons. The fourth-order valence-corrected chi connectivity index (χ4v) is 2.92. The maximum absolute atomic E-state index is 12.2. The molecule has 0 bridgehead atoms. The molecule has 0 aliphatic rings. The Labute approximate surface area is 161 Å². The third kappa shape index (κ3) is 6.03. The average molecular weight is 388 g/mol. The van der Waals surface area contributed by atoms with Crippen LogP contribution in [0.15, 0.2) is 53.4 Å². The van der Waals surface area contributed by atoms with Gasteiger partial charge in [0.2, 0.25) is 5.91 Å². The quantitative estimate of drug-likeness (QED) is 0.531. The van der Waals surface area contributed by atoms with E-state index in [0.29, 0.717) is 16.3 Å². The predicted octanol–water partition coefficient (Wildman–Crippen LogP) is 2.46. The summed E-state index contributed by atoms with van der Waals surface area (Å²) >= 11 is 1.19. The normalized spacial score (nSPS) is 11.3. The van der Waals surface area contributed by atoms with Gasteiger partial charge in [-0.1, -0.05) is 18.2 Å². The van der Waals surface area contributed by atoms with Gasteiger partial charge in [-0.05, 0) is 31.2 Å². The van der Waals surface area contributed by atoms with E-state index in [1.807, 2.05) is 0 Å². The molecule has 0 saturated heterocycles. The van der Waals surface area contributed by atoms with Gasteiger partial charge in [-0.15, -0.1) is 11.8 Å². The van der Waals surface area contributed by atoms with E-state index in [2.05, 4.69) is 5.32 Å². The molecule has 0 aliphatic carbocycles. The Bertz CT molecular complexity index is 840. The van der Waals surface area contributed by atoms with Crippen LogP contribution in [0.2, 0.25) is 0 Å². The smallest absolute Gasteiger partial charge is 0.340 e. The van der Waals surface area contributed by atoms with Crippen molar-refractivity contribution in [3.63, 3.8) is 0 Å². The minimum Gasteiger partial charge on any atom is -0.497 e. The monoisotopic (exact) mass is 388 g/mol. The van der Waals surface area contributed by atoms with Crippen molar-refractivity contribution in [1.82, 2.24) is 0 Å². The highest BCUT2D eigenvalue weighted by atomic mass is 32.2. The van der Waals surface area contributed by atoms with Crippen molar-refractivity contribution in [3.8, 4) is 5.75 Å². The number of esters is 1. The Hall–Kier alpha value is -3.00. The molecule has 1 atom stereocenters. The standard InChI is InChI=1S/C19H20N2O5S/c1-12(18(20)23)26-19(24)15-8-3-4-9-16(15)27-11-17(22)21-13-6-5-7-14(10-13)25-2/h3-10,12H,11H2,1-2H3,(H2,20,23)(H,21,22)/t12-/m1/s1. The molecule has 8 heteroatoms. The van der Waals surface area contributed by atoms with E-state index in [1.54, 1.807) is 55.6 Å². The van der Waals surface area contributed by atoms with Gasteiger partial charge >= 0.3 is 5.97 Å². The van der Waals surface area contributed by atoms with Crippen LogP contribution < -0.4 is 15.8 Å². The molecule has 0 saturated carbocycles. The van der Waals surface area contributed by atoms with Crippen LogP contribution in [0, 0.1) is 0 Å². The maximum Gasteiger partial charge on any atom is 0.340 e. The van der Waals surface area contributed by atoms with E-state index < -0.39 is 18.0 Å². The predicted molar refractivity (Wildman–Crippen MR) is 103 cm³/mol. The van der Waals surface area contributed by atoms with Crippen LogP contribution in [0.25, 0.3) is 0 Å². The van der Waals surface area contributed by atoms with Gasteiger partial charge in [0.15, 0.2) is 6.10 Å². The highest BCUT2D eigenvalue weighted by molar-refractivity contribution is 8.00. The number of hydrogen-bond acceptors (Lipinski definition) is 6. The van der Waals surface area contributed by atoms with Crippen LogP contribution in [0.4, 0.5) is 5.69 Å². The first-order valence-corrected chi connectivity index (χ1v) is 9.05. The number of rotatable bonds is 8. The van der Waals surface area contributed by atoms with Gasteiger partial charge in [-0.3, -0.25) is 9.59 Å². The number of nitrogens with two attached hydrogens (primary N) is 1. The van der Waals surface area contributed by atoms with Crippen molar-refractivity contribution in [1.29, 1.82) is 0 Å². The van der Waals surface area contributed by atoms with Crippen molar-refractivity contribution in [2.45, 2.75) is 17.9 Å². The lowest BCUT2D eigenvalue weighted by Crippen LogP contribution is -2.30. The largest absolute Gasteiger partial charge is 0.497 e. The van der Waals surface area contributed by atoms with Crippen molar-refractivity contribution in [2.24, 2.45) is 5.73 Å². The molecule has 2 rings (SSSR count). The van der Waals surface area contributed by atoms with Crippen LogP contribution in [-0.4, -0.2) is 36.8 Å². The van der Waals surface area contributed by atoms with Gasteiger partial charge in [-0.25, -0.2) is 4.79 Å². The second-order valence-electron chi connectivity index (χ2n) is 5.51. The van der Waals surface area contributed by atoms with E-state index in [1.165, 1.54) is 18.7 Å². The molecular weight excluding hydrogens is 368 g/mol. The Morgan fingerprint density at radius 3 is 2.59 bits per heavy atom. The SMILES string of the molecule is COc1cccc(NC(=O)CSc2ccccc2C(=O)O[C@H](C)C(N)=O)c1. The zero-order valence-electron chi connectivity index (χ0n) is 14.9. The Kier molecular flexibility index (Phi) is 7.25. The molecule has 0 spiro atoms. The second-order valence-corrected chi connectivity index (χ2v) is 6.53. The lowest BCUT2D eigenvalue weighted by molar-refractivity contribution is -0.125. The molecule has 0 unspecified atom stereocenters. The van der Waals surface area contributed by atoms with E-state index in [0.717, 1.165) is 0 Å². The van der Waals surface area contributed by atoms with Gasteiger partial charge in [0, 0.05) is 16.6 Å². The highest BCUT2D eigenvalue weighted by Gasteiger charge is 2.19. The van der Waals surface area contributed by atoms with Crippen molar-refractivity contribution in [2.75, 3.05) is 18.2 Å². The molecule has 0 heterocycles. The molecule has 2 aromatic rings. The summed E-state index contributed by atoms with van der Waals surface area (Å²) in [6, 6.07) is 13.7. The summed E-state index contributed by atoms with van der Waals surface area (Å²) < 4.78 is 10.1. The summed E-state index contributed by atoms with van der Waals surface area (Å²) in [5, 5.41) is 2.77. The van der Waals surface area contributed by atoms with Crippen molar-refractivity contribution < 1.29 is 23.9 Å². The molecule has 27 heavy (non-hydrogen) atoms. The zero-order chi connectivity index (χ0) is 19.8. The van der Waals surface area contributed by atoms with Crippen LogP contribution in [0.3, 0.4) is 0 Å². The number of anilines is 1. The minimum absolute atomic E-state index is 0.0902. The van der Waals surface area contributed by atoms with Gasteiger partial charge in [-0.2, -0.15) is 0 Å². The van der Waals surface area contributed by atoms with Gasteiger partial charge in [0.05, 0.1) is 18.4 Å². The first-order chi connectivity index (χ1) is 12.9. The lowest BCUT2D eigenvalue weighted by atomic mass is 10.2. The molecule has 0 aliphatic heterocycles. The third-order valence-corrected chi connectivity index (χ3v) is 4.58. The van der Waals surface area contributed by atoms with E-state index >= 15 is 0 Å². The van der Waals surface area contributed by atoms with Crippen LogP contribution >= 0.6 is 11.8 Å². The van der Waals surface area contributed by atoms with Crippen LogP contribution in [-0.2, 0) is 14.3 Å². The average Bonchev–Trinajstić information content (AvgIpc) is 2.66. The number of thioether (sulfide) groups is 1. The Morgan fingerprint density at radius 1 is 1.15 bits per heavy atom. The molecular formula is C19H20N2O5S. The molecule has 7 nitrogen and oxygen atoms in total. The number of methoxy groups -OCH3 is 1. The molecule has 2 amide bonds.